The summed E-state index contributed by atoms with van der Waals surface area (Å²) in [5, 5.41) is 3.86. The molecular weight excluding hydrogens is 338 g/mol. The number of nitrogens with zero attached hydrogens (tertiary/aromatic N) is 3. The standard InChI is InChI=1S/C18H23N3O5/c1-12-19-16(20-26-12)14-6-8-15(9-7-14)21(10-11-24-13(2)22)17(23)25-18(3,4)5/h6-9H,10-11H2,1-5H3. The Morgan fingerprint density at radius 3 is 2.35 bits per heavy atom. The molecule has 0 fully saturated rings. The average molecular weight is 361 g/mol. The van der Waals surface area contributed by atoms with Gasteiger partial charge in [0.05, 0.1) is 6.54 Å². The zero-order valence-electron chi connectivity index (χ0n) is 15.6. The first kappa shape index (κ1) is 19.4. The van der Waals surface area contributed by atoms with Gasteiger partial charge in [0.25, 0.3) is 0 Å². The first-order valence-corrected chi connectivity index (χ1v) is 8.20. The highest BCUT2D eigenvalue weighted by Gasteiger charge is 2.23. The van der Waals surface area contributed by atoms with Gasteiger partial charge >= 0.3 is 12.1 Å². The van der Waals surface area contributed by atoms with Crippen LogP contribution in [-0.4, -0.2) is 41.0 Å². The highest BCUT2D eigenvalue weighted by atomic mass is 16.6. The second kappa shape index (κ2) is 7.99. The minimum absolute atomic E-state index is 0.0698. The van der Waals surface area contributed by atoms with Crippen molar-refractivity contribution in [1.82, 2.24) is 10.1 Å². The molecule has 140 valence electrons. The zero-order valence-corrected chi connectivity index (χ0v) is 15.6. The monoisotopic (exact) mass is 361 g/mol. The number of ether oxygens (including phenoxy) is 2. The van der Waals surface area contributed by atoms with Gasteiger partial charge in [-0.3, -0.25) is 9.69 Å². The summed E-state index contributed by atoms with van der Waals surface area (Å²) < 4.78 is 15.4. The molecule has 0 saturated heterocycles. The lowest BCUT2D eigenvalue weighted by Crippen LogP contribution is -2.39. The van der Waals surface area contributed by atoms with Crippen molar-refractivity contribution >= 4 is 17.7 Å². The quantitative estimate of drug-likeness (QED) is 0.754. The number of aryl methyl sites for hydroxylation is 1. The van der Waals surface area contributed by atoms with Crippen LogP contribution in [0, 0.1) is 6.92 Å². The molecule has 2 aromatic rings. The molecule has 1 heterocycles. The van der Waals surface area contributed by atoms with Crippen LogP contribution in [0.1, 0.15) is 33.6 Å². The van der Waals surface area contributed by atoms with E-state index in [1.165, 1.54) is 11.8 Å². The van der Waals surface area contributed by atoms with E-state index >= 15 is 0 Å². The van der Waals surface area contributed by atoms with Crippen LogP contribution in [0.2, 0.25) is 0 Å². The van der Waals surface area contributed by atoms with Crippen molar-refractivity contribution in [2.45, 2.75) is 40.2 Å². The van der Waals surface area contributed by atoms with E-state index in [4.69, 9.17) is 14.0 Å². The number of aromatic nitrogens is 2. The van der Waals surface area contributed by atoms with Gasteiger partial charge in [-0.15, -0.1) is 0 Å². The number of hydrogen-bond donors (Lipinski definition) is 0. The van der Waals surface area contributed by atoms with Crippen LogP contribution in [0.3, 0.4) is 0 Å². The molecule has 1 amide bonds. The minimum atomic E-state index is -0.640. The maximum atomic E-state index is 12.5. The normalized spacial score (nSPS) is 11.1. The Morgan fingerprint density at radius 2 is 1.85 bits per heavy atom. The van der Waals surface area contributed by atoms with E-state index in [1.54, 1.807) is 52.0 Å². The molecule has 0 aliphatic rings. The molecule has 0 unspecified atom stereocenters. The number of rotatable bonds is 5. The fraction of sp³-hybridized carbons (Fsp3) is 0.444. The SMILES string of the molecule is CC(=O)OCCN(C(=O)OC(C)(C)C)c1ccc(-c2noc(C)n2)cc1. The number of hydrogen-bond acceptors (Lipinski definition) is 7. The molecule has 0 saturated carbocycles. The van der Waals surface area contributed by atoms with Crippen LogP contribution >= 0.6 is 0 Å². The molecule has 1 aromatic heterocycles. The Labute approximate surface area is 152 Å². The summed E-state index contributed by atoms with van der Waals surface area (Å²) in [5.41, 5.74) is 0.726. The molecule has 0 atom stereocenters. The van der Waals surface area contributed by atoms with Crippen LogP contribution in [-0.2, 0) is 14.3 Å². The second-order valence-corrected chi connectivity index (χ2v) is 6.66. The van der Waals surface area contributed by atoms with Crippen molar-refractivity contribution in [3.8, 4) is 11.4 Å². The molecule has 0 aliphatic carbocycles. The van der Waals surface area contributed by atoms with Crippen LogP contribution in [0.5, 0.6) is 0 Å². The molecule has 0 spiro atoms. The van der Waals surface area contributed by atoms with E-state index in [0.717, 1.165) is 5.56 Å². The first-order valence-electron chi connectivity index (χ1n) is 8.20. The molecule has 8 nitrogen and oxygen atoms in total. The van der Waals surface area contributed by atoms with Crippen molar-refractivity contribution in [1.29, 1.82) is 0 Å². The van der Waals surface area contributed by atoms with Gasteiger partial charge in [0.2, 0.25) is 11.7 Å². The van der Waals surface area contributed by atoms with Gasteiger partial charge < -0.3 is 14.0 Å². The predicted octanol–water partition coefficient (Wildman–Crippen LogP) is 3.35. The fourth-order valence-corrected chi connectivity index (χ4v) is 2.13. The van der Waals surface area contributed by atoms with E-state index in [9.17, 15) is 9.59 Å². The molecule has 0 aliphatic heterocycles. The third kappa shape index (κ3) is 5.58. The largest absolute Gasteiger partial charge is 0.464 e. The van der Waals surface area contributed by atoms with Gasteiger partial charge in [-0.1, -0.05) is 5.16 Å². The van der Waals surface area contributed by atoms with Crippen LogP contribution in [0.15, 0.2) is 28.8 Å². The van der Waals surface area contributed by atoms with Crippen molar-refractivity contribution in [2.75, 3.05) is 18.1 Å². The second-order valence-electron chi connectivity index (χ2n) is 6.66. The molecule has 26 heavy (non-hydrogen) atoms. The minimum Gasteiger partial charge on any atom is -0.464 e. The Balaban J connectivity index is 2.20. The zero-order chi connectivity index (χ0) is 19.3. The Hall–Kier alpha value is -2.90. The lowest BCUT2D eigenvalue weighted by Gasteiger charge is -2.27. The van der Waals surface area contributed by atoms with Crippen LogP contribution < -0.4 is 4.90 Å². The summed E-state index contributed by atoms with van der Waals surface area (Å²) in [5.74, 6) is 0.538. The number of benzene rings is 1. The lowest BCUT2D eigenvalue weighted by atomic mass is 10.2. The van der Waals surface area contributed by atoms with Crippen molar-refractivity contribution < 1.29 is 23.6 Å². The average Bonchev–Trinajstić information content (AvgIpc) is 2.96. The molecule has 1 aromatic carbocycles. The van der Waals surface area contributed by atoms with Crippen LogP contribution in [0.4, 0.5) is 10.5 Å². The summed E-state index contributed by atoms with van der Waals surface area (Å²) in [7, 11) is 0. The Morgan fingerprint density at radius 1 is 1.19 bits per heavy atom. The molecule has 8 heteroatoms. The van der Waals surface area contributed by atoms with E-state index in [0.29, 0.717) is 17.4 Å². The van der Waals surface area contributed by atoms with E-state index in [2.05, 4.69) is 10.1 Å². The Bertz CT molecular complexity index is 762. The third-order valence-electron chi connectivity index (χ3n) is 3.20. The lowest BCUT2D eigenvalue weighted by molar-refractivity contribution is -0.140. The summed E-state index contributed by atoms with van der Waals surface area (Å²) >= 11 is 0. The number of carbonyl (C=O) groups is 2. The van der Waals surface area contributed by atoms with Gasteiger partial charge in [-0.25, -0.2) is 4.79 Å². The van der Waals surface area contributed by atoms with E-state index < -0.39 is 17.7 Å². The van der Waals surface area contributed by atoms with Gasteiger partial charge in [0.15, 0.2) is 0 Å². The predicted molar refractivity (Wildman–Crippen MR) is 94.7 cm³/mol. The summed E-state index contributed by atoms with van der Waals surface area (Å²) in [6, 6.07) is 7.06. The molecular formula is C18H23N3O5. The smallest absolute Gasteiger partial charge is 0.414 e. The number of anilines is 1. The topological polar surface area (TPSA) is 94.8 Å². The third-order valence-corrected chi connectivity index (χ3v) is 3.20. The maximum Gasteiger partial charge on any atom is 0.414 e. The summed E-state index contributed by atoms with van der Waals surface area (Å²) in [4.78, 5) is 29.1. The van der Waals surface area contributed by atoms with Crippen molar-refractivity contribution in [3.05, 3.63) is 30.2 Å². The summed E-state index contributed by atoms with van der Waals surface area (Å²) in [6.07, 6.45) is -0.521. The van der Waals surface area contributed by atoms with E-state index in [-0.39, 0.29) is 13.2 Å². The number of amides is 1. The fourth-order valence-electron chi connectivity index (χ4n) is 2.13. The first-order chi connectivity index (χ1) is 12.2. The molecule has 2 rings (SSSR count). The highest BCUT2D eigenvalue weighted by Crippen LogP contribution is 2.23. The summed E-state index contributed by atoms with van der Waals surface area (Å²) in [6.45, 7) is 8.64. The van der Waals surface area contributed by atoms with Gasteiger partial charge in [-0.2, -0.15) is 4.98 Å². The molecule has 0 bridgehead atoms. The van der Waals surface area contributed by atoms with Crippen molar-refractivity contribution in [3.63, 3.8) is 0 Å². The van der Waals surface area contributed by atoms with Gasteiger partial charge in [0, 0.05) is 25.1 Å². The van der Waals surface area contributed by atoms with Crippen LogP contribution in [0.25, 0.3) is 11.4 Å². The Kier molecular flexibility index (Phi) is 5.97. The van der Waals surface area contributed by atoms with E-state index in [1.807, 2.05) is 0 Å². The van der Waals surface area contributed by atoms with Crippen molar-refractivity contribution in [2.24, 2.45) is 0 Å². The molecule has 0 N–H and O–H groups in total. The van der Waals surface area contributed by atoms with Gasteiger partial charge in [0.1, 0.15) is 12.2 Å². The number of esters is 1. The molecule has 0 radical (unpaired) electrons. The maximum absolute atomic E-state index is 12.5. The van der Waals surface area contributed by atoms with Gasteiger partial charge in [-0.05, 0) is 45.0 Å². The number of carbonyl (C=O) groups excluding carboxylic acids is 2. The highest BCUT2D eigenvalue weighted by molar-refractivity contribution is 5.88.